The molecule has 2 aromatic rings. The predicted molar refractivity (Wildman–Crippen MR) is 130 cm³/mol. The van der Waals surface area contributed by atoms with Gasteiger partial charge >= 0.3 is 12.1 Å². The standard InChI is InChI=1S/C27H29F3N2O4/c1-5-12-36-21-11-10-16(13-22(21)35-4)24-23-18(14-26(2,3)15-20(23)33)31-17-8-6-7-9-19(17)32(24)25(34)27(28,29)30/h6-11,13,24,31H,5,12,14-15H2,1-4H3/t24-/m0/s1. The van der Waals surface area contributed by atoms with E-state index in [1.54, 1.807) is 30.3 Å². The molecule has 0 bridgehead atoms. The van der Waals surface area contributed by atoms with Crippen molar-refractivity contribution in [2.24, 2.45) is 5.41 Å². The van der Waals surface area contributed by atoms with Crippen LogP contribution in [0.25, 0.3) is 0 Å². The molecule has 0 spiro atoms. The topological polar surface area (TPSA) is 67.9 Å². The van der Waals surface area contributed by atoms with E-state index in [4.69, 9.17) is 9.47 Å². The van der Waals surface area contributed by atoms with Crippen molar-refractivity contribution in [3.05, 3.63) is 59.3 Å². The molecule has 1 N–H and O–H groups in total. The minimum Gasteiger partial charge on any atom is -0.493 e. The maximum Gasteiger partial charge on any atom is 0.471 e. The molecule has 0 unspecified atom stereocenters. The van der Waals surface area contributed by atoms with E-state index in [0.29, 0.717) is 46.4 Å². The van der Waals surface area contributed by atoms with Crippen molar-refractivity contribution >= 4 is 23.1 Å². The van der Waals surface area contributed by atoms with E-state index in [9.17, 15) is 22.8 Å². The Hall–Kier alpha value is -3.49. The van der Waals surface area contributed by atoms with Gasteiger partial charge in [0, 0.05) is 17.7 Å². The Labute approximate surface area is 208 Å². The Morgan fingerprint density at radius 3 is 2.53 bits per heavy atom. The van der Waals surface area contributed by atoms with E-state index < -0.39 is 23.5 Å². The van der Waals surface area contributed by atoms with Crippen LogP contribution in [0.2, 0.25) is 0 Å². The molecule has 0 saturated heterocycles. The fraction of sp³-hybridized carbons (Fsp3) is 0.407. The second kappa shape index (κ2) is 9.52. The number of methoxy groups -OCH3 is 1. The molecular weight excluding hydrogens is 473 g/mol. The summed E-state index contributed by atoms with van der Waals surface area (Å²) in [6.07, 6.45) is -3.84. The molecule has 192 valence electrons. The van der Waals surface area contributed by atoms with Gasteiger partial charge in [0.05, 0.1) is 31.1 Å². The van der Waals surface area contributed by atoms with Crippen molar-refractivity contribution in [2.45, 2.75) is 52.3 Å². The molecule has 0 fully saturated rings. The average molecular weight is 503 g/mol. The first-order chi connectivity index (χ1) is 17.0. The summed E-state index contributed by atoms with van der Waals surface area (Å²) in [7, 11) is 1.43. The number of benzene rings is 2. The number of nitrogens with zero attached hydrogens (tertiary/aromatic N) is 1. The third-order valence-corrected chi connectivity index (χ3v) is 6.33. The zero-order valence-corrected chi connectivity index (χ0v) is 20.7. The first kappa shape index (κ1) is 25.6. The third kappa shape index (κ3) is 4.79. The summed E-state index contributed by atoms with van der Waals surface area (Å²) in [4.78, 5) is 27.2. The zero-order valence-electron chi connectivity index (χ0n) is 20.7. The lowest BCUT2D eigenvalue weighted by atomic mass is 9.73. The third-order valence-electron chi connectivity index (χ3n) is 6.33. The highest BCUT2D eigenvalue weighted by Gasteiger charge is 2.50. The van der Waals surface area contributed by atoms with E-state index >= 15 is 0 Å². The van der Waals surface area contributed by atoms with Crippen molar-refractivity contribution in [3.63, 3.8) is 0 Å². The smallest absolute Gasteiger partial charge is 0.471 e. The molecule has 0 aromatic heterocycles. The van der Waals surface area contributed by atoms with Crippen molar-refractivity contribution in [3.8, 4) is 11.5 Å². The Kier molecular flexibility index (Phi) is 6.77. The van der Waals surface area contributed by atoms with E-state index in [1.807, 2.05) is 20.8 Å². The van der Waals surface area contributed by atoms with Gasteiger partial charge in [-0.2, -0.15) is 13.2 Å². The van der Waals surface area contributed by atoms with Crippen molar-refractivity contribution in [1.29, 1.82) is 0 Å². The van der Waals surface area contributed by atoms with Crippen LogP contribution in [0.15, 0.2) is 53.7 Å². The number of allylic oxidation sites excluding steroid dienone is 1. The number of alkyl halides is 3. The molecule has 6 nitrogen and oxygen atoms in total. The van der Waals surface area contributed by atoms with Gasteiger partial charge in [0.2, 0.25) is 0 Å². The lowest BCUT2D eigenvalue weighted by Gasteiger charge is -2.37. The van der Waals surface area contributed by atoms with Gasteiger partial charge in [0.1, 0.15) is 0 Å². The molecule has 1 aliphatic carbocycles. The monoisotopic (exact) mass is 502 g/mol. The second-order valence-corrected chi connectivity index (χ2v) is 9.81. The normalized spacial score (nSPS) is 19.1. The van der Waals surface area contributed by atoms with Crippen molar-refractivity contribution in [2.75, 3.05) is 23.9 Å². The summed E-state index contributed by atoms with van der Waals surface area (Å²) in [6.45, 7) is 6.24. The Balaban J connectivity index is 2.00. The molecule has 1 atom stereocenters. The van der Waals surface area contributed by atoms with Crippen LogP contribution < -0.4 is 19.7 Å². The van der Waals surface area contributed by atoms with Crippen LogP contribution in [0.5, 0.6) is 11.5 Å². The zero-order chi connectivity index (χ0) is 26.3. The van der Waals surface area contributed by atoms with Crippen LogP contribution in [0.1, 0.15) is 51.6 Å². The van der Waals surface area contributed by atoms with Crippen LogP contribution in [0.3, 0.4) is 0 Å². The molecule has 0 radical (unpaired) electrons. The largest absolute Gasteiger partial charge is 0.493 e. The molecule has 36 heavy (non-hydrogen) atoms. The lowest BCUT2D eigenvalue weighted by molar-refractivity contribution is -0.170. The van der Waals surface area contributed by atoms with Gasteiger partial charge in [-0.05, 0) is 48.1 Å². The summed E-state index contributed by atoms with van der Waals surface area (Å²) in [5.74, 6) is -1.64. The summed E-state index contributed by atoms with van der Waals surface area (Å²) < 4.78 is 53.1. The van der Waals surface area contributed by atoms with Crippen molar-refractivity contribution in [1.82, 2.24) is 0 Å². The molecule has 4 rings (SSSR count). The summed E-state index contributed by atoms with van der Waals surface area (Å²) >= 11 is 0. The molecule has 0 saturated carbocycles. The molecule has 9 heteroatoms. The number of hydrogen-bond donors (Lipinski definition) is 1. The van der Waals surface area contributed by atoms with Crippen LogP contribution in [-0.2, 0) is 9.59 Å². The van der Waals surface area contributed by atoms with Crippen LogP contribution in [-0.4, -0.2) is 31.6 Å². The fourth-order valence-corrected chi connectivity index (χ4v) is 4.85. The minimum atomic E-state index is -5.17. The maximum absolute atomic E-state index is 14.0. The first-order valence-corrected chi connectivity index (χ1v) is 11.8. The molecule has 1 heterocycles. The summed E-state index contributed by atoms with van der Waals surface area (Å²) in [5.41, 5.74) is 0.929. The lowest BCUT2D eigenvalue weighted by Crippen LogP contribution is -2.45. The molecular formula is C27H29F3N2O4. The van der Waals surface area contributed by atoms with Crippen LogP contribution >= 0.6 is 0 Å². The maximum atomic E-state index is 14.0. The summed E-state index contributed by atoms with van der Waals surface area (Å²) in [5, 5.41) is 3.19. The van der Waals surface area contributed by atoms with Crippen LogP contribution in [0, 0.1) is 5.41 Å². The van der Waals surface area contributed by atoms with Gasteiger partial charge < -0.3 is 14.8 Å². The number of carbonyl (C=O) groups is 2. The van der Waals surface area contributed by atoms with E-state index in [-0.39, 0.29) is 23.5 Å². The number of para-hydroxylation sites is 2. The molecule has 2 aliphatic rings. The number of ketones is 1. The highest BCUT2D eigenvalue weighted by molar-refractivity contribution is 6.07. The number of fused-ring (bicyclic) bond motifs is 1. The number of carbonyl (C=O) groups excluding carboxylic acids is 2. The number of Topliss-reactive ketones (excluding diaryl/α,β-unsaturated/α-hetero) is 1. The fourth-order valence-electron chi connectivity index (χ4n) is 4.85. The number of hydrogen-bond acceptors (Lipinski definition) is 5. The number of amides is 1. The Morgan fingerprint density at radius 2 is 1.86 bits per heavy atom. The quantitative estimate of drug-likeness (QED) is 0.528. The molecule has 1 amide bonds. The van der Waals surface area contributed by atoms with Gasteiger partial charge in [-0.1, -0.05) is 39.0 Å². The Bertz CT molecular complexity index is 1220. The number of anilines is 2. The van der Waals surface area contributed by atoms with Gasteiger partial charge in [-0.3, -0.25) is 14.5 Å². The summed E-state index contributed by atoms with van der Waals surface area (Å²) in [6, 6.07) is 9.69. The predicted octanol–water partition coefficient (Wildman–Crippen LogP) is 6.19. The van der Waals surface area contributed by atoms with Crippen molar-refractivity contribution < 1.29 is 32.2 Å². The number of rotatable bonds is 5. The van der Waals surface area contributed by atoms with Crippen LogP contribution in [0.4, 0.5) is 24.5 Å². The van der Waals surface area contributed by atoms with Gasteiger partial charge in [0.25, 0.3) is 0 Å². The van der Waals surface area contributed by atoms with E-state index in [2.05, 4.69) is 5.32 Å². The highest BCUT2D eigenvalue weighted by atomic mass is 19.4. The number of ether oxygens (including phenoxy) is 2. The SMILES string of the molecule is CCCOc1ccc([C@H]2C3=C(CC(C)(C)CC3=O)Nc3ccccc3N2C(=O)C(F)(F)F)cc1OC. The Morgan fingerprint density at radius 1 is 1.14 bits per heavy atom. The van der Waals surface area contributed by atoms with Gasteiger partial charge in [0.15, 0.2) is 17.3 Å². The number of halogens is 3. The van der Waals surface area contributed by atoms with E-state index in [1.165, 1.54) is 19.2 Å². The van der Waals surface area contributed by atoms with Gasteiger partial charge in [-0.25, -0.2) is 0 Å². The first-order valence-electron chi connectivity index (χ1n) is 11.8. The van der Waals surface area contributed by atoms with Gasteiger partial charge in [-0.15, -0.1) is 0 Å². The average Bonchev–Trinajstić information content (AvgIpc) is 2.95. The van der Waals surface area contributed by atoms with E-state index in [0.717, 1.165) is 6.42 Å². The molecule has 2 aromatic carbocycles. The number of nitrogens with one attached hydrogen (secondary N) is 1. The minimum absolute atomic E-state index is 0.0371. The second-order valence-electron chi connectivity index (χ2n) is 9.81. The highest BCUT2D eigenvalue weighted by Crippen LogP contribution is 2.50. The molecule has 1 aliphatic heterocycles.